The second-order valence-electron chi connectivity index (χ2n) is 8.13. The van der Waals surface area contributed by atoms with Gasteiger partial charge >= 0.3 is 0 Å². The zero-order valence-electron chi connectivity index (χ0n) is 17.2. The van der Waals surface area contributed by atoms with Gasteiger partial charge in [0.1, 0.15) is 0 Å². The average Bonchev–Trinajstić information content (AvgIpc) is 3.35. The third-order valence-electron chi connectivity index (χ3n) is 6.27. The lowest BCUT2D eigenvalue weighted by Crippen LogP contribution is -2.31. The van der Waals surface area contributed by atoms with Crippen LogP contribution < -0.4 is 5.32 Å². The van der Waals surface area contributed by atoms with Crippen molar-refractivity contribution in [2.45, 2.75) is 19.8 Å². The molecule has 31 heavy (non-hydrogen) atoms. The molecular formula is C26H21ClN2O2. The number of amides is 1. The summed E-state index contributed by atoms with van der Waals surface area (Å²) in [5.74, 6) is -1.29. The minimum Gasteiger partial charge on any atom is -0.325 e. The molecule has 4 rings (SSSR count). The van der Waals surface area contributed by atoms with E-state index in [1.807, 2.05) is 55.5 Å². The van der Waals surface area contributed by atoms with E-state index in [0.29, 0.717) is 16.3 Å². The number of aryl methyl sites for hydroxylation is 1. The third-order valence-corrected chi connectivity index (χ3v) is 6.52. The van der Waals surface area contributed by atoms with E-state index in [1.165, 1.54) is 0 Å². The van der Waals surface area contributed by atoms with Crippen LogP contribution in [0.25, 0.3) is 0 Å². The Labute approximate surface area is 186 Å². The first-order chi connectivity index (χ1) is 14.8. The van der Waals surface area contributed by atoms with Crippen LogP contribution in [-0.4, -0.2) is 11.7 Å². The van der Waals surface area contributed by atoms with Crippen LogP contribution in [0.5, 0.6) is 0 Å². The van der Waals surface area contributed by atoms with Gasteiger partial charge in [-0.3, -0.25) is 9.59 Å². The van der Waals surface area contributed by atoms with Crippen molar-refractivity contribution < 1.29 is 9.59 Å². The summed E-state index contributed by atoms with van der Waals surface area (Å²) in [5.41, 5.74) is 0.0417. The van der Waals surface area contributed by atoms with Gasteiger partial charge in [-0.05, 0) is 61.4 Å². The highest BCUT2D eigenvalue weighted by Crippen LogP contribution is 2.75. The van der Waals surface area contributed by atoms with Crippen LogP contribution in [0.1, 0.15) is 34.3 Å². The number of hydrogen-bond donors (Lipinski definition) is 1. The molecule has 3 aromatic carbocycles. The van der Waals surface area contributed by atoms with Crippen molar-refractivity contribution in [1.82, 2.24) is 0 Å². The number of carbonyl (C=O) groups is 2. The molecule has 0 unspecified atom stereocenters. The van der Waals surface area contributed by atoms with Crippen LogP contribution in [0.2, 0.25) is 5.02 Å². The van der Waals surface area contributed by atoms with Gasteiger partial charge in [-0.15, -0.1) is 0 Å². The number of benzene rings is 3. The molecule has 1 N–H and O–H groups in total. The second kappa shape index (κ2) is 7.68. The first-order valence-corrected chi connectivity index (χ1v) is 10.4. The van der Waals surface area contributed by atoms with Crippen LogP contribution in [-0.2, 0) is 4.79 Å². The minimum atomic E-state index is -1.53. The highest BCUT2D eigenvalue weighted by Gasteiger charge is 2.82. The lowest BCUT2D eigenvalue weighted by atomic mass is 9.87. The SMILES string of the molecule is Cc1cccc(NC(=O)[C@]2(C#N)[C@@H](c3ccccc3)[C@]2(C)C(=O)c2ccc(Cl)cc2)c1. The molecule has 1 aliphatic carbocycles. The Bertz CT molecular complexity index is 1200. The van der Waals surface area contributed by atoms with Crippen LogP contribution >= 0.6 is 11.6 Å². The number of nitriles is 1. The fourth-order valence-corrected chi connectivity index (χ4v) is 4.74. The van der Waals surface area contributed by atoms with E-state index < -0.39 is 22.7 Å². The predicted octanol–water partition coefficient (Wildman–Crippen LogP) is 5.78. The summed E-state index contributed by atoms with van der Waals surface area (Å²) in [7, 11) is 0. The molecule has 0 bridgehead atoms. The predicted molar refractivity (Wildman–Crippen MR) is 121 cm³/mol. The van der Waals surface area contributed by atoms with Crippen molar-refractivity contribution in [1.29, 1.82) is 5.26 Å². The average molecular weight is 429 g/mol. The van der Waals surface area contributed by atoms with Crippen molar-refractivity contribution in [2.75, 3.05) is 5.32 Å². The number of nitrogens with one attached hydrogen (secondary N) is 1. The summed E-state index contributed by atoms with van der Waals surface area (Å²) in [6, 6.07) is 25.4. The lowest BCUT2D eigenvalue weighted by Gasteiger charge is -2.16. The highest BCUT2D eigenvalue weighted by molar-refractivity contribution is 6.30. The zero-order valence-corrected chi connectivity index (χ0v) is 18.0. The number of halogens is 1. The molecule has 5 heteroatoms. The zero-order chi connectivity index (χ0) is 22.2. The smallest absolute Gasteiger partial charge is 0.246 e. The van der Waals surface area contributed by atoms with E-state index in [9.17, 15) is 14.9 Å². The topological polar surface area (TPSA) is 70.0 Å². The molecule has 3 atom stereocenters. The maximum Gasteiger partial charge on any atom is 0.246 e. The third kappa shape index (κ3) is 3.22. The Balaban J connectivity index is 1.79. The lowest BCUT2D eigenvalue weighted by molar-refractivity contribution is -0.120. The van der Waals surface area contributed by atoms with E-state index in [1.54, 1.807) is 37.3 Å². The molecular weight excluding hydrogens is 408 g/mol. The van der Waals surface area contributed by atoms with Gasteiger partial charge in [-0.2, -0.15) is 5.26 Å². The van der Waals surface area contributed by atoms with E-state index in [0.717, 1.165) is 11.1 Å². The number of carbonyl (C=O) groups excluding carboxylic acids is 2. The van der Waals surface area contributed by atoms with Crippen molar-refractivity contribution in [3.8, 4) is 6.07 Å². The normalized spacial score (nSPS) is 24.1. The van der Waals surface area contributed by atoms with Gasteiger partial charge in [0.15, 0.2) is 11.2 Å². The van der Waals surface area contributed by atoms with E-state index in [2.05, 4.69) is 11.4 Å². The van der Waals surface area contributed by atoms with Crippen LogP contribution in [0, 0.1) is 29.1 Å². The molecule has 4 nitrogen and oxygen atoms in total. The Morgan fingerprint density at radius 1 is 1.00 bits per heavy atom. The summed E-state index contributed by atoms with van der Waals surface area (Å²) in [5, 5.41) is 13.7. The Morgan fingerprint density at radius 2 is 1.68 bits per heavy atom. The molecule has 0 heterocycles. The van der Waals surface area contributed by atoms with Crippen molar-refractivity contribution in [3.63, 3.8) is 0 Å². The maximum atomic E-state index is 13.6. The number of nitrogens with zero attached hydrogens (tertiary/aromatic N) is 1. The first kappa shape index (κ1) is 20.8. The molecule has 0 saturated heterocycles. The monoisotopic (exact) mass is 428 g/mol. The largest absolute Gasteiger partial charge is 0.325 e. The molecule has 154 valence electrons. The Kier molecular flexibility index (Phi) is 5.16. The Morgan fingerprint density at radius 3 is 2.29 bits per heavy atom. The standard InChI is InChI=1S/C26H21ClN2O2/c1-17-7-6-10-21(15-17)29-24(31)26(16-28)22(18-8-4-3-5-9-18)25(26,2)23(30)19-11-13-20(27)14-12-19/h3-15,22H,1-2H3,(H,29,31)/t22-,25+,26-/m0/s1. The molecule has 1 aliphatic rings. The van der Waals surface area contributed by atoms with Gasteiger partial charge in [-0.1, -0.05) is 54.1 Å². The van der Waals surface area contributed by atoms with Gasteiger partial charge in [0, 0.05) is 22.2 Å². The van der Waals surface area contributed by atoms with Gasteiger partial charge in [-0.25, -0.2) is 0 Å². The van der Waals surface area contributed by atoms with Gasteiger partial charge in [0.2, 0.25) is 5.91 Å². The van der Waals surface area contributed by atoms with Crippen molar-refractivity contribution in [3.05, 3.63) is 101 Å². The van der Waals surface area contributed by atoms with Crippen LogP contribution in [0.3, 0.4) is 0 Å². The van der Waals surface area contributed by atoms with Crippen molar-refractivity contribution in [2.24, 2.45) is 10.8 Å². The van der Waals surface area contributed by atoms with Crippen LogP contribution in [0.4, 0.5) is 5.69 Å². The number of ketones is 1. The summed E-state index contributed by atoms with van der Waals surface area (Å²) in [6.45, 7) is 3.63. The summed E-state index contributed by atoms with van der Waals surface area (Å²) < 4.78 is 0. The molecule has 3 aromatic rings. The summed E-state index contributed by atoms with van der Waals surface area (Å²) in [4.78, 5) is 27.2. The second-order valence-corrected chi connectivity index (χ2v) is 8.56. The summed E-state index contributed by atoms with van der Waals surface area (Å²) >= 11 is 5.98. The molecule has 1 amide bonds. The number of rotatable bonds is 5. The molecule has 1 fully saturated rings. The number of anilines is 1. The fourth-order valence-electron chi connectivity index (χ4n) is 4.61. The van der Waals surface area contributed by atoms with E-state index >= 15 is 0 Å². The van der Waals surface area contributed by atoms with Gasteiger partial charge in [0.25, 0.3) is 0 Å². The Hall–Kier alpha value is -3.42. The molecule has 1 saturated carbocycles. The first-order valence-electron chi connectivity index (χ1n) is 9.99. The van der Waals surface area contributed by atoms with Gasteiger partial charge < -0.3 is 5.32 Å². The number of Topliss-reactive ketones (excluding diaryl/α,β-unsaturated/α-hetero) is 1. The fraction of sp³-hybridized carbons (Fsp3) is 0.192. The maximum absolute atomic E-state index is 13.6. The van der Waals surface area contributed by atoms with Gasteiger partial charge in [0.05, 0.1) is 11.5 Å². The van der Waals surface area contributed by atoms with E-state index in [-0.39, 0.29) is 5.78 Å². The van der Waals surface area contributed by atoms with Crippen molar-refractivity contribution >= 4 is 29.0 Å². The molecule has 0 aromatic heterocycles. The quantitative estimate of drug-likeness (QED) is 0.523. The molecule has 0 spiro atoms. The highest BCUT2D eigenvalue weighted by atomic mass is 35.5. The number of hydrogen-bond acceptors (Lipinski definition) is 3. The van der Waals surface area contributed by atoms with Crippen LogP contribution in [0.15, 0.2) is 78.9 Å². The minimum absolute atomic E-state index is 0.251. The molecule has 0 radical (unpaired) electrons. The van der Waals surface area contributed by atoms with E-state index in [4.69, 9.17) is 11.6 Å². The molecule has 0 aliphatic heterocycles. The summed E-state index contributed by atoms with van der Waals surface area (Å²) in [6.07, 6.45) is 0.